The number of phenols is 4. The molecular formula is C19H19O10P. The van der Waals surface area contributed by atoms with Crippen molar-refractivity contribution in [2.24, 2.45) is 0 Å². The van der Waals surface area contributed by atoms with E-state index < -0.39 is 42.4 Å². The molecule has 5 N–H and O–H groups in total. The zero-order valence-corrected chi connectivity index (χ0v) is 16.6. The molecule has 1 atom stereocenters. The van der Waals surface area contributed by atoms with Crippen molar-refractivity contribution in [2.75, 3.05) is 13.0 Å². The molecule has 0 aliphatic heterocycles. The number of rotatable bonds is 7. The van der Waals surface area contributed by atoms with E-state index in [0.29, 0.717) is 6.42 Å². The fraction of sp³-hybridized carbons (Fsp3) is 0.211. The predicted octanol–water partition coefficient (Wildman–Crippen LogP) is 3.23. The van der Waals surface area contributed by atoms with Crippen LogP contribution in [0.15, 0.2) is 39.5 Å². The van der Waals surface area contributed by atoms with Crippen LogP contribution < -0.4 is 10.2 Å². The Morgan fingerprint density at radius 2 is 1.77 bits per heavy atom. The highest BCUT2D eigenvalue weighted by Crippen LogP contribution is 2.44. The van der Waals surface area contributed by atoms with E-state index in [4.69, 9.17) is 13.7 Å². The molecule has 11 heteroatoms. The molecule has 3 aromatic rings. The molecule has 0 radical (unpaired) electrons. The zero-order valence-electron chi connectivity index (χ0n) is 15.7. The quantitative estimate of drug-likeness (QED) is 0.273. The summed E-state index contributed by atoms with van der Waals surface area (Å²) in [6.45, 7) is 1.74. The van der Waals surface area contributed by atoms with Gasteiger partial charge in [-0.3, -0.25) is 9.36 Å². The van der Waals surface area contributed by atoms with Crippen molar-refractivity contribution < 1.29 is 43.6 Å². The molecule has 3 rings (SSSR count). The molecule has 1 aromatic heterocycles. The van der Waals surface area contributed by atoms with Crippen LogP contribution in [0.1, 0.15) is 13.3 Å². The lowest BCUT2D eigenvalue weighted by Crippen LogP contribution is -2.12. The molecule has 0 amide bonds. The lowest BCUT2D eigenvalue weighted by atomic mass is 10.1. The van der Waals surface area contributed by atoms with Gasteiger partial charge in [-0.25, -0.2) is 0 Å². The minimum atomic E-state index is -4.20. The van der Waals surface area contributed by atoms with Crippen molar-refractivity contribution in [1.82, 2.24) is 0 Å². The van der Waals surface area contributed by atoms with E-state index in [1.807, 2.05) is 0 Å². The van der Waals surface area contributed by atoms with E-state index in [2.05, 4.69) is 0 Å². The molecule has 1 heterocycles. The second kappa shape index (κ2) is 8.27. The zero-order chi connectivity index (χ0) is 22.1. The fourth-order valence-electron chi connectivity index (χ4n) is 2.67. The first kappa shape index (κ1) is 21.5. The molecule has 0 spiro atoms. The van der Waals surface area contributed by atoms with Crippen molar-refractivity contribution in [3.63, 3.8) is 0 Å². The van der Waals surface area contributed by atoms with Gasteiger partial charge in [0.25, 0.3) is 0 Å². The first-order chi connectivity index (χ1) is 14.1. The minimum Gasteiger partial charge on any atom is -0.508 e. The van der Waals surface area contributed by atoms with Crippen molar-refractivity contribution >= 4 is 18.6 Å². The number of phenolic OH excluding ortho intramolecular Hbond substituents is 4. The summed E-state index contributed by atoms with van der Waals surface area (Å²) in [5.41, 5.74) is -0.988. The molecule has 160 valence electrons. The molecule has 0 aliphatic rings. The summed E-state index contributed by atoms with van der Waals surface area (Å²) in [6, 6.07) is 5.55. The number of ether oxygens (including phenoxy) is 1. The molecule has 30 heavy (non-hydrogen) atoms. The Morgan fingerprint density at radius 3 is 2.43 bits per heavy atom. The predicted molar refractivity (Wildman–Crippen MR) is 106 cm³/mol. The Morgan fingerprint density at radius 1 is 1.03 bits per heavy atom. The lowest BCUT2D eigenvalue weighted by Gasteiger charge is -2.15. The van der Waals surface area contributed by atoms with Crippen LogP contribution in [0.2, 0.25) is 0 Å². The first-order valence-electron chi connectivity index (χ1n) is 8.77. The van der Waals surface area contributed by atoms with Crippen molar-refractivity contribution in [2.45, 2.75) is 13.3 Å². The molecule has 0 aliphatic carbocycles. The highest BCUT2D eigenvalue weighted by atomic mass is 31.2. The highest BCUT2D eigenvalue weighted by molar-refractivity contribution is 7.52. The van der Waals surface area contributed by atoms with Crippen LogP contribution in [0.5, 0.6) is 28.7 Å². The number of hydrogen-bond donors (Lipinski definition) is 5. The summed E-state index contributed by atoms with van der Waals surface area (Å²) >= 11 is 0. The van der Waals surface area contributed by atoms with E-state index in [1.165, 1.54) is 6.07 Å². The SMILES string of the molecule is CCCOP(=O)(O)COc1c(-c2ccc(O)c(O)c2)oc2cc(O)cc(O)c2c1=O. The van der Waals surface area contributed by atoms with E-state index in [-0.39, 0.29) is 34.6 Å². The summed E-state index contributed by atoms with van der Waals surface area (Å²) in [4.78, 5) is 22.9. The van der Waals surface area contributed by atoms with Crippen LogP contribution >= 0.6 is 7.60 Å². The van der Waals surface area contributed by atoms with Gasteiger partial charge in [0.2, 0.25) is 11.2 Å². The Balaban J connectivity index is 2.19. The molecular weight excluding hydrogens is 419 g/mol. The third kappa shape index (κ3) is 4.35. The van der Waals surface area contributed by atoms with Gasteiger partial charge in [-0.05, 0) is 24.6 Å². The second-order valence-electron chi connectivity index (χ2n) is 6.38. The molecule has 0 fully saturated rings. The standard InChI is InChI=1S/C19H19O10P/c1-2-5-28-30(25,26)9-27-19-17(24)16-14(23)7-11(20)8-15(16)29-18(19)10-3-4-12(21)13(22)6-10/h3-4,6-8,20-23H,2,5,9H2,1H3,(H,25,26). The Hall–Kier alpha value is -3.20. The Kier molecular flexibility index (Phi) is 5.93. The van der Waals surface area contributed by atoms with Crippen LogP contribution in [-0.4, -0.2) is 38.3 Å². The normalized spacial score (nSPS) is 13.3. The van der Waals surface area contributed by atoms with Crippen molar-refractivity contribution in [1.29, 1.82) is 0 Å². The third-order valence-electron chi connectivity index (χ3n) is 4.02. The molecule has 0 bridgehead atoms. The van der Waals surface area contributed by atoms with Crippen LogP contribution in [-0.2, 0) is 9.09 Å². The average molecular weight is 438 g/mol. The summed E-state index contributed by atoms with van der Waals surface area (Å²) in [7, 11) is -4.20. The third-order valence-corrected chi connectivity index (χ3v) is 5.07. The summed E-state index contributed by atoms with van der Waals surface area (Å²) in [6.07, 6.45) is -0.392. The number of aromatic hydroxyl groups is 4. The molecule has 0 saturated carbocycles. The van der Waals surface area contributed by atoms with Gasteiger partial charge in [0.15, 0.2) is 23.6 Å². The van der Waals surface area contributed by atoms with Gasteiger partial charge in [-0.1, -0.05) is 6.92 Å². The minimum absolute atomic E-state index is 0.00220. The van der Waals surface area contributed by atoms with Crippen molar-refractivity contribution in [3.05, 3.63) is 40.6 Å². The summed E-state index contributed by atoms with van der Waals surface area (Å²) in [5.74, 6) is -2.68. The second-order valence-corrected chi connectivity index (χ2v) is 8.17. The maximum Gasteiger partial charge on any atom is 0.365 e. The highest BCUT2D eigenvalue weighted by Gasteiger charge is 2.26. The van der Waals surface area contributed by atoms with Crippen LogP contribution in [0.3, 0.4) is 0 Å². The fourth-order valence-corrected chi connectivity index (χ4v) is 3.51. The summed E-state index contributed by atoms with van der Waals surface area (Å²) in [5, 5.41) is 38.7. The van der Waals surface area contributed by atoms with Crippen LogP contribution in [0.4, 0.5) is 0 Å². The van der Waals surface area contributed by atoms with Crippen molar-refractivity contribution in [3.8, 4) is 40.1 Å². The largest absolute Gasteiger partial charge is 0.508 e. The van der Waals surface area contributed by atoms with E-state index >= 15 is 0 Å². The van der Waals surface area contributed by atoms with Gasteiger partial charge in [0.1, 0.15) is 22.5 Å². The van der Waals surface area contributed by atoms with E-state index in [0.717, 1.165) is 24.3 Å². The van der Waals surface area contributed by atoms with Gasteiger partial charge >= 0.3 is 7.60 Å². The topological polar surface area (TPSA) is 167 Å². The van der Waals surface area contributed by atoms with E-state index in [1.54, 1.807) is 6.92 Å². The average Bonchev–Trinajstić information content (AvgIpc) is 2.67. The van der Waals surface area contributed by atoms with Crippen LogP contribution in [0, 0.1) is 0 Å². The maximum atomic E-state index is 13.0. The monoisotopic (exact) mass is 438 g/mol. The molecule has 0 saturated heterocycles. The van der Waals surface area contributed by atoms with Gasteiger partial charge in [0.05, 0.1) is 6.61 Å². The van der Waals surface area contributed by atoms with Gasteiger partial charge in [0, 0.05) is 17.7 Å². The number of hydrogen-bond acceptors (Lipinski definition) is 9. The first-order valence-corrected chi connectivity index (χ1v) is 10.5. The molecule has 1 unspecified atom stereocenters. The van der Waals surface area contributed by atoms with E-state index in [9.17, 15) is 34.7 Å². The maximum absolute atomic E-state index is 13.0. The molecule has 10 nitrogen and oxygen atoms in total. The molecule has 2 aromatic carbocycles. The number of fused-ring (bicyclic) bond motifs is 1. The van der Waals surface area contributed by atoms with Gasteiger partial charge in [-0.15, -0.1) is 0 Å². The smallest absolute Gasteiger partial charge is 0.365 e. The van der Waals surface area contributed by atoms with Gasteiger partial charge < -0.3 is 39.0 Å². The summed E-state index contributed by atoms with van der Waals surface area (Å²) < 4.78 is 27.8. The Bertz CT molecular complexity index is 1200. The van der Waals surface area contributed by atoms with Gasteiger partial charge in [-0.2, -0.15) is 0 Å². The Labute approximate surface area is 169 Å². The van der Waals surface area contributed by atoms with Crippen LogP contribution in [0.25, 0.3) is 22.3 Å². The lowest BCUT2D eigenvalue weighted by molar-refractivity contribution is 0.230. The number of benzene rings is 2.